The van der Waals surface area contributed by atoms with E-state index in [0.29, 0.717) is 15.0 Å². The fourth-order valence-corrected chi connectivity index (χ4v) is 2.93. The Balaban J connectivity index is 2.52. The van der Waals surface area contributed by atoms with E-state index in [4.69, 9.17) is 0 Å². The maximum Gasteiger partial charge on any atom is 0.416 e. The lowest BCUT2D eigenvalue weighted by Gasteiger charge is -2.05. The SMILES string of the molecule is CSC(=O)c1cc2cc(C(F)(F)F)ccc2s1. The second-order valence-electron chi connectivity index (χ2n) is 3.35. The van der Waals surface area contributed by atoms with Crippen LogP contribution in [0, 0.1) is 0 Å². The molecular weight excluding hydrogens is 269 g/mol. The van der Waals surface area contributed by atoms with Gasteiger partial charge in [0, 0.05) is 4.70 Å². The summed E-state index contributed by atoms with van der Waals surface area (Å²) in [6.07, 6.45) is -2.70. The van der Waals surface area contributed by atoms with Crippen molar-refractivity contribution in [2.45, 2.75) is 6.18 Å². The number of alkyl halides is 3. The van der Waals surface area contributed by atoms with Crippen LogP contribution in [0.4, 0.5) is 13.2 Å². The Morgan fingerprint density at radius 1 is 1.29 bits per heavy atom. The number of thiophene rings is 1. The summed E-state index contributed by atoms with van der Waals surface area (Å²) in [5.41, 5.74) is -0.689. The van der Waals surface area contributed by atoms with Crippen LogP contribution < -0.4 is 0 Å². The summed E-state index contributed by atoms with van der Waals surface area (Å²) in [4.78, 5) is 11.9. The number of halogens is 3. The lowest BCUT2D eigenvalue weighted by molar-refractivity contribution is -0.137. The normalized spacial score (nSPS) is 12.0. The number of carbonyl (C=O) groups is 1. The van der Waals surface area contributed by atoms with Crippen molar-refractivity contribution in [1.29, 1.82) is 0 Å². The molecule has 0 atom stereocenters. The maximum absolute atomic E-state index is 12.5. The molecule has 1 nitrogen and oxygen atoms in total. The summed E-state index contributed by atoms with van der Waals surface area (Å²) in [5, 5.41) is 0.335. The number of fused-ring (bicyclic) bond motifs is 1. The predicted molar refractivity (Wildman–Crippen MR) is 64.7 cm³/mol. The van der Waals surface area contributed by atoms with Crippen LogP contribution in [0.3, 0.4) is 0 Å². The summed E-state index contributed by atoms with van der Waals surface area (Å²) < 4.78 is 38.1. The lowest BCUT2D eigenvalue weighted by atomic mass is 10.1. The quantitative estimate of drug-likeness (QED) is 0.766. The van der Waals surface area contributed by atoms with Crippen LogP contribution in [-0.2, 0) is 6.18 Å². The summed E-state index contributed by atoms with van der Waals surface area (Å²) in [7, 11) is 0. The number of hydrogen-bond acceptors (Lipinski definition) is 3. The van der Waals surface area contributed by atoms with Gasteiger partial charge in [0.15, 0.2) is 0 Å². The fraction of sp³-hybridized carbons (Fsp3) is 0.182. The first-order valence-corrected chi connectivity index (χ1v) is 6.65. The minimum absolute atomic E-state index is 0.125. The summed E-state index contributed by atoms with van der Waals surface area (Å²) in [5.74, 6) is 0. The first-order chi connectivity index (χ1) is 7.91. The van der Waals surface area contributed by atoms with Gasteiger partial charge in [-0.3, -0.25) is 4.79 Å². The van der Waals surface area contributed by atoms with Crippen LogP contribution in [0.15, 0.2) is 24.3 Å². The molecule has 0 aliphatic heterocycles. The zero-order valence-electron chi connectivity index (χ0n) is 8.67. The van der Waals surface area contributed by atoms with Crippen molar-refractivity contribution in [3.8, 4) is 0 Å². The Labute approximate surface area is 104 Å². The van der Waals surface area contributed by atoms with E-state index in [0.717, 1.165) is 23.9 Å². The molecule has 0 fully saturated rings. The lowest BCUT2D eigenvalue weighted by Crippen LogP contribution is -2.03. The van der Waals surface area contributed by atoms with Crippen molar-refractivity contribution in [3.05, 3.63) is 34.7 Å². The standard InChI is InChI=1S/C11H7F3OS2/c1-16-10(15)9-5-6-4-7(11(12,13)14)2-3-8(6)17-9/h2-5H,1H3. The Morgan fingerprint density at radius 3 is 2.59 bits per heavy atom. The van der Waals surface area contributed by atoms with Gasteiger partial charge in [0.1, 0.15) is 0 Å². The molecule has 0 bridgehead atoms. The van der Waals surface area contributed by atoms with Gasteiger partial charge >= 0.3 is 6.18 Å². The van der Waals surface area contributed by atoms with Gasteiger partial charge in [-0.2, -0.15) is 13.2 Å². The van der Waals surface area contributed by atoms with Crippen molar-refractivity contribution in [2.75, 3.05) is 6.26 Å². The van der Waals surface area contributed by atoms with E-state index in [-0.39, 0.29) is 5.12 Å². The van der Waals surface area contributed by atoms with Crippen molar-refractivity contribution in [1.82, 2.24) is 0 Å². The molecule has 1 aromatic heterocycles. The highest BCUT2D eigenvalue weighted by atomic mass is 32.2. The van der Waals surface area contributed by atoms with E-state index in [1.54, 1.807) is 6.26 Å². The monoisotopic (exact) mass is 276 g/mol. The molecule has 0 spiro atoms. The van der Waals surface area contributed by atoms with Gasteiger partial charge in [-0.05, 0) is 35.9 Å². The molecule has 6 heteroatoms. The predicted octanol–water partition coefficient (Wildman–Crippen LogP) is 4.42. The van der Waals surface area contributed by atoms with Crippen molar-refractivity contribution < 1.29 is 18.0 Å². The molecule has 2 aromatic rings. The summed E-state index contributed by atoms with van der Waals surface area (Å²) in [6, 6.07) is 5.02. The average molecular weight is 276 g/mol. The smallest absolute Gasteiger partial charge is 0.281 e. The molecule has 90 valence electrons. The van der Waals surface area contributed by atoms with Gasteiger partial charge in [-0.15, -0.1) is 11.3 Å². The Kier molecular flexibility index (Phi) is 3.18. The molecule has 1 aromatic carbocycles. The molecule has 0 saturated carbocycles. The van der Waals surface area contributed by atoms with Crippen LogP contribution in [0.2, 0.25) is 0 Å². The zero-order chi connectivity index (χ0) is 12.6. The molecule has 0 aliphatic carbocycles. The molecule has 17 heavy (non-hydrogen) atoms. The molecular formula is C11H7F3OS2. The van der Waals surface area contributed by atoms with Crippen LogP contribution in [0.25, 0.3) is 10.1 Å². The topological polar surface area (TPSA) is 17.1 Å². The minimum atomic E-state index is -4.35. The van der Waals surface area contributed by atoms with Crippen LogP contribution in [0.1, 0.15) is 15.2 Å². The van der Waals surface area contributed by atoms with Crippen LogP contribution in [-0.4, -0.2) is 11.4 Å². The van der Waals surface area contributed by atoms with Gasteiger partial charge in [0.25, 0.3) is 0 Å². The van der Waals surface area contributed by atoms with Crippen LogP contribution in [0.5, 0.6) is 0 Å². The van der Waals surface area contributed by atoms with Crippen molar-refractivity contribution in [3.63, 3.8) is 0 Å². The molecule has 0 unspecified atom stereocenters. The highest BCUT2D eigenvalue weighted by molar-refractivity contribution is 8.13. The second kappa shape index (κ2) is 4.34. The van der Waals surface area contributed by atoms with Crippen molar-refractivity contribution >= 4 is 38.3 Å². The Morgan fingerprint density at radius 2 is 2.00 bits per heavy atom. The first kappa shape index (κ1) is 12.4. The van der Waals surface area contributed by atoms with Crippen LogP contribution >= 0.6 is 23.1 Å². The van der Waals surface area contributed by atoms with Crippen molar-refractivity contribution in [2.24, 2.45) is 0 Å². The molecule has 0 aliphatic rings. The average Bonchev–Trinajstić information content (AvgIpc) is 2.69. The fourth-order valence-electron chi connectivity index (χ4n) is 1.42. The molecule has 1 heterocycles. The maximum atomic E-state index is 12.5. The number of carbonyl (C=O) groups excluding carboxylic acids is 1. The molecule has 0 N–H and O–H groups in total. The van der Waals surface area contributed by atoms with E-state index in [1.165, 1.54) is 23.5 Å². The van der Waals surface area contributed by atoms with E-state index >= 15 is 0 Å². The first-order valence-electron chi connectivity index (χ1n) is 4.61. The summed E-state index contributed by atoms with van der Waals surface area (Å²) >= 11 is 2.26. The number of benzene rings is 1. The molecule has 0 radical (unpaired) electrons. The van der Waals surface area contributed by atoms with E-state index < -0.39 is 11.7 Å². The third-order valence-corrected chi connectivity index (χ3v) is 4.06. The van der Waals surface area contributed by atoms with Gasteiger partial charge in [0.05, 0.1) is 10.4 Å². The second-order valence-corrected chi connectivity index (χ2v) is 5.22. The Bertz CT molecular complexity index is 572. The van der Waals surface area contributed by atoms with Gasteiger partial charge in [-0.25, -0.2) is 0 Å². The highest BCUT2D eigenvalue weighted by Crippen LogP contribution is 2.34. The highest BCUT2D eigenvalue weighted by Gasteiger charge is 2.30. The number of thioether (sulfide) groups is 1. The zero-order valence-corrected chi connectivity index (χ0v) is 10.3. The van der Waals surface area contributed by atoms with E-state index in [2.05, 4.69) is 0 Å². The largest absolute Gasteiger partial charge is 0.416 e. The number of hydrogen-bond donors (Lipinski definition) is 0. The molecule has 0 amide bonds. The summed E-state index contributed by atoms with van der Waals surface area (Å²) in [6.45, 7) is 0. The Hall–Kier alpha value is -1.01. The van der Waals surface area contributed by atoms with E-state index in [1.807, 2.05) is 0 Å². The number of rotatable bonds is 1. The van der Waals surface area contributed by atoms with Gasteiger partial charge in [-0.1, -0.05) is 11.8 Å². The molecule has 0 saturated heterocycles. The third kappa shape index (κ3) is 2.47. The van der Waals surface area contributed by atoms with Gasteiger partial charge in [0.2, 0.25) is 5.12 Å². The van der Waals surface area contributed by atoms with E-state index in [9.17, 15) is 18.0 Å². The van der Waals surface area contributed by atoms with Gasteiger partial charge < -0.3 is 0 Å². The minimum Gasteiger partial charge on any atom is -0.281 e. The molecule has 2 rings (SSSR count). The third-order valence-electron chi connectivity index (χ3n) is 2.23.